The number of nitrogens with zero attached hydrogens (tertiary/aromatic N) is 1. The Hall–Kier alpha value is -2.16. The number of halogens is 3. The van der Waals surface area contributed by atoms with Gasteiger partial charge in [-0.3, -0.25) is 0 Å². The van der Waals surface area contributed by atoms with Gasteiger partial charge in [0.2, 0.25) is 0 Å². The molecule has 26 heavy (non-hydrogen) atoms. The van der Waals surface area contributed by atoms with E-state index < -0.39 is 12.5 Å². The van der Waals surface area contributed by atoms with Gasteiger partial charge in [0.05, 0.1) is 7.11 Å². The zero-order valence-electron chi connectivity index (χ0n) is 14.3. The van der Waals surface area contributed by atoms with Crippen molar-refractivity contribution in [1.29, 1.82) is 0 Å². The number of likely N-dealkylation sites (tertiary alicyclic amines) is 1. The Morgan fingerprint density at radius 1 is 1.42 bits per heavy atom. The number of fused-ring (bicyclic) bond motifs is 1. The smallest absolute Gasteiger partial charge is 0.496 e. The molecule has 0 aromatic heterocycles. The second kappa shape index (κ2) is 7.22. The zero-order chi connectivity index (χ0) is 18.9. The summed E-state index contributed by atoms with van der Waals surface area (Å²) in [5, 5.41) is 12.6. The molecule has 3 rings (SSSR count). The Morgan fingerprint density at radius 2 is 2.19 bits per heavy atom. The summed E-state index contributed by atoms with van der Waals surface area (Å²) in [5.74, 6) is 0.621. The highest BCUT2D eigenvalue weighted by molar-refractivity contribution is 5.65. The Morgan fingerprint density at radius 3 is 2.85 bits per heavy atom. The van der Waals surface area contributed by atoms with Crippen molar-refractivity contribution < 1.29 is 32.5 Å². The van der Waals surface area contributed by atoms with Crippen LogP contribution in [0, 0.1) is 11.8 Å². The second-order valence-electron chi connectivity index (χ2n) is 6.68. The van der Waals surface area contributed by atoms with Crippen LogP contribution in [0.5, 0.6) is 11.5 Å². The van der Waals surface area contributed by atoms with E-state index in [1.54, 1.807) is 6.07 Å². The molecule has 2 fully saturated rings. The van der Waals surface area contributed by atoms with Crippen molar-refractivity contribution in [3.8, 4) is 11.5 Å². The summed E-state index contributed by atoms with van der Waals surface area (Å²) in [6.07, 6.45) is -4.27. The number of benzene rings is 1. The maximum Gasteiger partial charge on any atom is 0.573 e. The Labute approximate surface area is 148 Å². The molecule has 2 N–H and O–H groups in total. The van der Waals surface area contributed by atoms with Crippen LogP contribution in [0.1, 0.15) is 12.0 Å². The lowest BCUT2D eigenvalue weighted by Gasteiger charge is -2.34. The number of carboxylic acid groups (broad SMARTS) is 1. The topological polar surface area (TPSA) is 71.0 Å². The van der Waals surface area contributed by atoms with Gasteiger partial charge < -0.3 is 24.8 Å². The number of methoxy groups -OCH3 is 1. The summed E-state index contributed by atoms with van der Waals surface area (Å²) in [4.78, 5) is 12.6. The van der Waals surface area contributed by atoms with Crippen molar-refractivity contribution >= 4 is 6.09 Å². The van der Waals surface area contributed by atoms with Gasteiger partial charge in [0.15, 0.2) is 0 Å². The van der Waals surface area contributed by atoms with Crippen LogP contribution in [0.2, 0.25) is 0 Å². The number of hydrogen-bond donors (Lipinski definition) is 2. The molecule has 0 spiro atoms. The van der Waals surface area contributed by atoms with Gasteiger partial charge in [0, 0.05) is 31.7 Å². The Balaban J connectivity index is 1.68. The molecule has 0 saturated carbocycles. The predicted molar refractivity (Wildman–Crippen MR) is 86.4 cm³/mol. The first-order valence-corrected chi connectivity index (χ1v) is 8.40. The number of ether oxygens (including phenoxy) is 2. The fourth-order valence-electron chi connectivity index (χ4n) is 3.97. The van der Waals surface area contributed by atoms with Crippen LogP contribution in [0.15, 0.2) is 18.2 Å². The molecule has 2 aliphatic heterocycles. The molecule has 1 aromatic carbocycles. The third-order valence-electron chi connectivity index (χ3n) is 5.15. The molecule has 1 amide bonds. The number of amides is 1. The summed E-state index contributed by atoms with van der Waals surface area (Å²) in [6, 6.07) is 4.24. The van der Waals surface area contributed by atoms with Crippen LogP contribution in [0.4, 0.5) is 18.0 Å². The first-order chi connectivity index (χ1) is 12.3. The second-order valence-corrected chi connectivity index (χ2v) is 6.68. The number of nitrogens with one attached hydrogen (secondary N) is 1. The summed E-state index contributed by atoms with van der Waals surface area (Å²) < 4.78 is 46.2. The van der Waals surface area contributed by atoms with Gasteiger partial charge in [-0.15, -0.1) is 13.2 Å². The predicted octanol–water partition coefficient (Wildman–Crippen LogP) is 2.72. The van der Waals surface area contributed by atoms with Crippen LogP contribution < -0.4 is 14.8 Å². The maximum absolute atomic E-state index is 12.4. The van der Waals surface area contributed by atoms with E-state index in [0.717, 1.165) is 18.5 Å². The van der Waals surface area contributed by atoms with Crippen molar-refractivity contribution in [1.82, 2.24) is 10.2 Å². The molecule has 1 aromatic rings. The number of rotatable bonds is 4. The van der Waals surface area contributed by atoms with Gasteiger partial charge in [-0.25, -0.2) is 4.79 Å². The third-order valence-corrected chi connectivity index (χ3v) is 5.15. The van der Waals surface area contributed by atoms with Crippen LogP contribution in [-0.2, 0) is 6.42 Å². The normalized spacial score (nSPS) is 25.7. The maximum atomic E-state index is 12.4. The molecule has 0 radical (unpaired) electrons. The summed E-state index contributed by atoms with van der Waals surface area (Å²) in [5.41, 5.74) is 0.792. The average Bonchev–Trinajstić information content (AvgIpc) is 2.97. The van der Waals surface area contributed by atoms with E-state index in [1.165, 1.54) is 24.1 Å². The minimum absolute atomic E-state index is 0.138. The lowest BCUT2D eigenvalue weighted by atomic mass is 9.82. The molecule has 0 aliphatic carbocycles. The third kappa shape index (κ3) is 4.14. The number of hydrogen-bond acceptors (Lipinski definition) is 4. The number of piperidine rings is 1. The van der Waals surface area contributed by atoms with E-state index >= 15 is 0 Å². The average molecular weight is 374 g/mol. The molecule has 3 unspecified atom stereocenters. The lowest BCUT2D eigenvalue weighted by Crippen LogP contribution is -2.44. The van der Waals surface area contributed by atoms with Gasteiger partial charge in [-0.2, -0.15) is 0 Å². The van der Waals surface area contributed by atoms with Crippen LogP contribution in [0.25, 0.3) is 0 Å². The van der Waals surface area contributed by atoms with E-state index in [4.69, 9.17) is 9.84 Å². The first-order valence-electron chi connectivity index (χ1n) is 8.40. The monoisotopic (exact) mass is 374 g/mol. The molecule has 3 atom stereocenters. The highest BCUT2D eigenvalue weighted by Crippen LogP contribution is 2.35. The molecule has 0 bridgehead atoms. The molecular formula is C17H21F3N2O4. The van der Waals surface area contributed by atoms with E-state index in [9.17, 15) is 18.0 Å². The first kappa shape index (κ1) is 18.6. The van der Waals surface area contributed by atoms with Crippen molar-refractivity contribution in [2.75, 3.05) is 26.7 Å². The zero-order valence-corrected chi connectivity index (χ0v) is 14.3. The number of alkyl halides is 3. The quantitative estimate of drug-likeness (QED) is 0.848. The summed E-state index contributed by atoms with van der Waals surface area (Å²) in [7, 11) is 1.41. The van der Waals surface area contributed by atoms with Gasteiger partial charge in [0.25, 0.3) is 0 Å². The SMILES string of the molecule is COc1cc(OC(F)(F)F)ccc1CC1NCC2CN(C(=O)O)CCC21. The lowest BCUT2D eigenvalue weighted by molar-refractivity contribution is -0.274. The molecule has 6 nitrogen and oxygen atoms in total. The molecule has 2 aliphatic rings. The molecule has 2 saturated heterocycles. The van der Waals surface area contributed by atoms with Crippen molar-refractivity contribution in [3.05, 3.63) is 23.8 Å². The van der Waals surface area contributed by atoms with Crippen LogP contribution >= 0.6 is 0 Å². The molecule has 9 heteroatoms. The van der Waals surface area contributed by atoms with Gasteiger partial charge in [-0.05, 0) is 36.3 Å². The minimum atomic E-state index is -4.75. The summed E-state index contributed by atoms with van der Waals surface area (Å²) in [6.45, 7) is 1.75. The highest BCUT2D eigenvalue weighted by Gasteiger charge is 2.40. The molecule has 2 heterocycles. The van der Waals surface area contributed by atoms with E-state index in [1.807, 2.05) is 0 Å². The fourth-order valence-corrected chi connectivity index (χ4v) is 3.97. The Kier molecular flexibility index (Phi) is 5.17. The van der Waals surface area contributed by atoms with Gasteiger partial charge in [-0.1, -0.05) is 6.07 Å². The molecule has 144 valence electrons. The van der Waals surface area contributed by atoms with Gasteiger partial charge >= 0.3 is 12.5 Å². The largest absolute Gasteiger partial charge is 0.573 e. The minimum Gasteiger partial charge on any atom is -0.496 e. The summed E-state index contributed by atoms with van der Waals surface area (Å²) >= 11 is 0. The fraction of sp³-hybridized carbons (Fsp3) is 0.588. The van der Waals surface area contributed by atoms with Crippen molar-refractivity contribution in [2.45, 2.75) is 25.2 Å². The van der Waals surface area contributed by atoms with Crippen LogP contribution in [0.3, 0.4) is 0 Å². The van der Waals surface area contributed by atoms with Crippen molar-refractivity contribution in [3.63, 3.8) is 0 Å². The highest BCUT2D eigenvalue weighted by atomic mass is 19.4. The Bertz CT molecular complexity index is 668. The van der Waals surface area contributed by atoms with Gasteiger partial charge in [0.1, 0.15) is 11.5 Å². The van der Waals surface area contributed by atoms with E-state index in [0.29, 0.717) is 31.2 Å². The van der Waals surface area contributed by atoms with E-state index in [-0.39, 0.29) is 17.7 Å². The standard InChI is InChI=1S/C17H21F3N2O4/c1-25-15-7-12(26-17(18,19)20)3-2-10(15)6-14-13-4-5-22(16(23)24)9-11(13)8-21-14/h2-3,7,11,13-14,21H,4-6,8-9H2,1H3,(H,23,24). The van der Waals surface area contributed by atoms with Crippen molar-refractivity contribution in [2.24, 2.45) is 11.8 Å². The van der Waals surface area contributed by atoms with E-state index in [2.05, 4.69) is 10.1 Å². The number of carbonyl (C=O) groups is 1. The van der Waals surface area contributed by atoms with Crippen LogP contribution in [-0.4, -0.2) is 55.2 Å². The molecular weight excluding hydrogens is 353 g/mol.